The molecule has 0 spiro atoms. The Balaban J connectivity index is 1.89. The van der Waals surface area contributed by atoms with E-state index in [-0.39, 0.29) is 13.2 Å². The molecule has 0 amide bonds. The number of hydrogen-bond acceptors (Lipinski definition) is 8. The van der Waals surface area contributed by atoms with Gasteiger partial charge < -0.3 is 28.4 Å². The van der Waals surface area contributed by atoms with Crippen molar-refractivity contribution < 1.29 is 33.2 Å². The van der Waals surface area contributed by atoms with Crippen molar-refractivity contribution in [2.24, 2.45) is 0 Å². The van der Waals surface area contributed by atoms with E-state index in [1.165, 1.54) is 0 Å². The molecule has 12 heteroatoms. The summed E-state index contributed by atoms with van der Waals surface area (Å²) >= 11 is 23.1. The van der Waals surface area contributed by atoms with E-state index in [0.29, 0.717) is 5.75 Å². The van der Waals surface area contributed by atoms with Crippen LogP contribution in [0.15, 0.2) is 54.6 Å². The van der Waals surface area contributed by atoms with E-state index in [1.807, 2.05) is 42.5 Å². The summed E-state index contributed by atoms with van der Waals surface area (Å²) in [5, 5.41) is 8.00. The Morgan fingerprint density at radius 1 is 0.919 bits per heavy atom. The highest BCUT2D eigenvalue weighted by Crippen LogP contribution is 2.34. The molecule has 1 N–H and O–H groups in total. The van der Waals surface area contributed by atoms with Crippen LogP contribution in [0.2, 0.25) is 0 Å². The number of hydrogen-bond donors (Lipinski definition) is 1. The minimum absolute atomic E-state index is 0.135. The Kier molecular flexibility index (Phi) is 11.1. The molecule has 2 aromatic carbocycles. The van der Waals surface area contributed by atoms with Gasteiger partial charge >= 0.3 is 5.97 Å². The largest absolute Gasteiger partial charge is 0.497 e. The fourth-order valence-corrected chi connectivity index (χ4v) is 3.86. The third kappa shape index (κ3) is 8.61. The van der Waals surface area contributed by atoms with E-state index in [9.17, 15) is 4.79 Å². The zero-order valence-corrected chi connectivity index (χ0v) is 23.1. The van der Waals surface area contributed by atoms with E-state index >= 15 is 0 Å². The monoisotopic (exact) mass is 593 g/mol. The maximum atomic E-state index is 12.3. The molecule has 1 aliphatic heterocycles. The number of alkyl halides is 4. The first-order valence-corrected chi connectivity index (χ1v) is 12.9. The smallest absolute Gasteiger partial charge is 0.321 e. The molecular weight excluding hydrogens is 568 g/mol. The first kappa shape index (κ1) is 29.8. The molecular formula is C25H27Cl4NO7. The van der Waals surface area contributed by atoms with Crippen LogP contribution in [0.5, 0.6) is 5.75 Å². The SMILES string of the molecule is COc1ccc(CO[C@@H]2[C@@H](OCc3ccccc3)[C@H](C)O[C@@H](OC(=N)C(Cl)(Cl)Cl)[C@@H]2OC(=O)CCl)cc1. The second kappa shape index (κ2) is 13.8. The third-order valence-electron chi connectivity index (χ3n) is 5.48. The maximum absolute atomic E-state index is 12.3. The topological polar surface area (TPSA) is 96.3 Å². The van der Waals surface area contributed by atoms with Gasteiger partial charge in [-0.15, -0.1) is 11.6 Å². The van der Waals surface area contributed by atoms with E-state index in [4.69, 9.17) is 80.2 Å². The van der Waals surface area contributed by atoms with Crippen molar-refractivity contribution in [3.63, 3.8) is 0 Å². The molecule has 1 aliphatic rings. The first-order valence-electron chi connectivity index (χ1n) is 11.3. The maximum Gasteiger partial charge on any atom is 0.321 e. The van der Waals surface area contributed by atoms with Crippen molar-refractivity contribution in [2.75, 3.05) is 13.0 Å². The van der Waals surface area contributed by atoms with Crippen molar-refractivity contribution in [1.29, 1.82) is 5.41 Å². The number of carbonyl (C=O) groups excluding carboxylic acids is 1. The average molecular weight is 595 g/mol. The van der Waals surface area contributed by atoms with Crippen molar-refractivity contribution >= 4 is 58.3 Å². The van der Waals surface area contributed by atoms with Crippen LogP contribution in [-0.2, 0) is 41.7 Å². The van der Waals surface area contributed by atoms with Crippen molar-refractivity contribution in [3.05, 3.63) is 65.7 Å². The lowest BCUT2D eigenvalue weighted by Gasteiger charge is -2.44. The minimum Gasteiger partial charge on any atom is -0.497 e. The molecule has 5 atom stereocenters. The van der Waals surface area contributed by atoms with E-state index in [1.54, 1.807) is 26.2 Å². The summed E-state index contributed by atoms with van der Waals surface area (Å²) in [4.78, 5) is 12.3. The fraction of sp³-hybridized carbons (Fsp3) is 0.440. The van der Waals surface area contributed by atoms with Gasteiger partial charge in [-0.2, -0.15) is 0 Å². The lowest BCUT2D eigenvalue weighted by atomic mass is 9.98. The normalized spacial score (nSPS) is 23.8. The number of carbonyl (C=O) groups is 1. The van der Waals surface area contributed by atoms with Crippen LogP contribution in [0.3, 0.4) is 0 Å². The molecule has 1 fully saturated rings. The molecule has 0 radical (unpaired) electrons. The summed E-state index contributed by atoms with van der Waals surface area (Å²) in [7, 11) is 1.58. The van der Waals surface area contributed by atoms with Crippen molar-refractivity contribution in [2.45, 2.75) is 54.6 Å². The molecule has 3 rings (SSSR count). The molecule has 0 bridgehead atoms. The highest BCUT2D eigenvalue weighted by molar-refractivity contribution is 6.76. The quantitative estimate of drug-likeness (QED) is 0.170. The summed E-state index contributed by atoms with van der Waals surface area (Å²) in [6.07, 6.45) is -4.75. The summed E-state index contributed by atoms with van der Waals surface area (Å²) in [5.41, 5.74) is 1.75. The van der Waals surface area contributed by atoms with Gasteiger partial charge in [0.05, 0.1) is 26.4 Å². The number of benzene rings is 2. The van der Waals surface area contributed by atoms with Crippen LogP contribution < -0.4 is 4.74 Å². The van der Waals surface area contributed by atoms with Gasteiger partial charge in [0.15, 0.2) is 6.10 Å². The van der Waals surface area contributed by atoms with Gasteiger partial charge in [0.25, 0.3) is 3.79 Å². The van der Waals surface area contributed by atoms with Gasteiger partial charge in [-0.1, -0.05) is 77.3 Å². The highest BCUT2D eigenvalue weighted by atomic mass is 35.6. The Morgan fingerprint density at radius 3 is 2.08 bits per heavy atom. The lowest BCUT2D eigenvalue weighted by molar-refractivity contribution is -0.296. The summed E-state index contributed by atoms with van der Waals surface area (Å²) in [6, 6.07) is 16.8. The predicted octanol–water partition coefficient (Wildman–Crippen LogP) is 5.43. The van der Waals surface area contributed by atoms with Crippen molar-refractivity contribution in [3.8, 4) is 5.75 Å². The summed E-state index contributed by atoms with van der Waals surface area (Å²) < 4.78 is 32.5. The molecule has 0 aliphatic carbocycles. The average Bonchev–Trinajstić information content (AvgIpc) is 2.88. The van der Waals surface area contributed by atoms with Gasteiger partial charge in [0.2, 0.25) is 12.2 Å². The van der Waals surface area contributed by atoms with E-state index < -0.39 is 52.2 Å². The van der Waals surface area contributed by atoms with Crippen LogP contribution in [0, 0.1) is 5.41 Å². The number of methoxy groups -OCH3 is 1. The molecule has 0 aromatic heterocycles. The lowest BCUT2D eigenvalue weighted by Crippen LogP contribution is -2.61. The number of nitrogens with one attached hydrogen (secondary N) is 1. The Bertz CT molecular complexity index is 1020. The minimum atomic E-state index is -2.16. The summed E-state index contributed by atoms with van der Waals surface area (Å²) in [5.74, 6) is -1.19. The van der Waals surface area contributed by atoms with Crippen molar-refractivity contribution in [1.82, 2.24) is 0 Å². The van der Waals surface area contributed by atoms with Crippen LogP contribution in [0.25, 0.3) is 0 Å². The Morgan fingerprint density at radius 2 is 1.51 bits per heavy atom. The fourth-order valence-electron chi connectivity index (χ4n) is 3.66. The van der Waals surface area contributed by atoms with Gasteiger partial charge in [-0.3, -0.25) is 10.2 Å². The Hall–Kier alpha value is -1.78. The number of rotatable bonds is 10. The van der Waals surface area contributed by atoms with Crippen LogP contribution in [0.4, 0.5) is 0 Å². The molecule has 1 saturated heterocycles. The van der Waals surface area contributed by atoms with Gasteiger partial charge in [0.1, 0.15) is 23.8 Å². The molecule has 0 saturated carbocycles. The number of esters is 1. The van der Waals surface area contributed by atoms with Crippen LogP contribution in [-0.4, -0.2) is 59.4 Å². The molecule has 1 heterocycles. The van der Waals surface area contributed by atoms with Gasteiger partial charge in [-0.05, 0) is 30.2 Å². The second-order valence-corrected chi connectivity index (χ2v) is 10.7. The van der Waals surface area contributed by atoms with Gasteiger partial charge in [-0.25, -0.2) is 0 Å². The molecule has 37 heavy (non-hydrogen) atoms. The van der Waals surface area contributed by atoms with E-state index in [2.05, 4.69) is 0 Å². The Labute approximate surface area is 235 Å². The molecule has 2 aromatic rings. The zero-order chi connectivity index (χ0) is 27.0. The number of halogens is 4. The first-order chi connectivity index (χ1) is 17.6. The highest BCUT2D eigenvalue weighted by Gasteiger charge is 2.50. The molecule has 8 nitrogen and oxygen atoms in total. The number of ether oxygens (including phenoxy) is 6. The van der Waals surface area contributed by atoms with Gasteiger partial charge in [0, 0.05) is 0 Å². The van der Waals surface area contributed by atoms with E-state index in [0.717, 1.165) is 11.1 Å². The van der Waals surface area contributed by atoms with Crippen LogP contribution >= 0.6 is 46.4 Å². The summed E-state index contributed by atoms with van der Waals surface area (Å²) in [6.45, 7) is 2.12. The predicted molar refractivity (Wildman–Crippen MR) is 141 cm³/mol. The zero-order valence-electron chi connectivity index (χ0n) is 20.1. The van der Waals surface area contributed by atoms with Crippen LogP contribution in [0.1, 0.15) is 18.1 Å². The standard InChI is InChI=1S/C25H27Cl4NO7/c1-15-20(33-13-16-6-4-3-5-7-16)21(34-14-17-8-10-18(32-2)11-9-17)22(36-19(31)12-26)23(35-15)37-24(30)25(27,28)29/h3-11,15,20-23,30H,12-14H2,1-2H3/t15-,20-,21+,22+,23-/m0/s1. The molecule has 0 unspecified atom stereocenters. The molecule has 202 valence electrons. The second-order valence-electron chi connectivity index (χ2n) is 8.13. The third-order valence-corrected chi connectivity index (χ3v) is 6.22.